The molecule has 3 N–H and O–H groups in total. The minimum Gasteiger partial charge on any atom is -0.386 e. The molecule has 1 unspecified atom stereocenters. The molecule has 0 saturated carbocycles. The summed E-state index contributed by atoms with van der Waals surface area (Å²) in [6.45, 7) is 7.18. The van der Waals surface area contributed by atoms with E-state index in [-0.39, 0.29) is 30.2 Å². The summed E-state index contributed by atoms with van der Waals surface area (Å²) in [6.07, 6.45) is 4.85. The molecule has 0 amide bonds. The second kappa shape index (κ2) is 9.67. The zero-order valence-electron chi connectivity index (χ0n) is 18.3. The van der Waals surface area contributed by atoms with E-state index in [1.54, 1.807) is 30.7 Å². The number of hydrogen-bond acceptors (Lipinski definition) is 7. The van der Waals surface area contributed by atoms with Crippen LogP contribution in [0, 0.1) is 11.7 Å². The number of aliphatic hydroxyl groups is 1. The third kappa shape index (κ3) is 5.26. The Morgan fingerprint density at radius 1 is 1.03 bits per heavy atom. The van der Waals surface area contributed by atoms with Crippen molar-refractivity contribution in [3.05, 3.63) is 66.4 Å². The lowest BCUT2D eigenvalue weighted by Crippen LogP contribution is -2.64. The van der Waals surface area contributed by atoms with Gasteiger partial charge in [-0.2, -0.15) is 0 Å². The predicted octanol–water partition coefficient (Wildman–Crippen LogP) is 4.56. The Morgan fingerprint density at radius 2 is 1.72 bits per heavy atom. The van der Waals surface area contributed by atoms with Gasteiger partial charge in [0.25, 0.3) is 0 Å². The van der Waals surface area contributed by atoms with E-state index in [4.69, 9.17) is 0 Å². The van der Waals surface area contributed by atoms with Crippen LogP contribution in [0.4, 0.5) is 27.5 Å². The first-order chi connectivity index (χ1) is 14.8. The molecule has 9 heteroatoms. The van der Waals surface area contributed by atoms with E-state index in [1.165, 1.54) is 12.1 Å². The summed E-state index contributed by atoms with van der Waals surface area (Å²) in [6, 6.07) is 10.2. The maximum Gasteiger partial charge on any atom is 0.150 e. The van der Waals surface area contributed by atoms with Crippen LogP contribution in [0.2, 0.25) is 0 Å². The monoisotopic (exact) mass is 458 g/mol. The molecule has 1 fully saturated rings. The van der Waals surface area contributed by atoms with Crippen molar-refractivity contribution in [2.24, 2.45) is 5.92 Å². The van der Waals surface area contributed by atoms with Crippen LogP contribution in [-0.2, 0) is 0 Å². The lowest BCUT2D eigenvalue weighted by Gasteiger charge is -2.50. The Bertz CT molecular complexity index is 1030. The molecule has 1 aromatic carbocycles. The minimum atomic E-state index is -0.684. The first-order valence-corrected chi connectivity index (χ1v) is 10.4. The molecule has 32 heavy (non-hydrogen) atoms. The Morgan fingerprint density at radius 3 is 2.34 bits per heavy atom. The third-order valence-electron chi connectivity index (χ3n) is 5.73. The van der Waals surface area contributed by atoms with Crippen molar-refractivity contribution in [2.75, 3.05) is 28.6 Å². The molecule has 1 aliphatic heterocycles. The molecule has 0 aliphatic carbocycles. The Hall–Kier alpha value is -2.97. The normalized spacial score (nSPS) is 15.5. The SMILES string of the molecule is CC(Nc1cc(N2CC(O)(C(C)C)C2)cc(Nc2cnccn2)n1)c1ccc(F)cc1.Cl. The van der Waals surface area contributed by atoms with Crippen LogP contribution >= 0.6 is 12.4 Å². The van der Waals surface area contributed by atoms with Crippen molar-refractivity contribution in [3.63, 3.8) is 0 Å². The lowest BCUT2D eigenvalue weighted by atomic mass is 9.83. The number of benzene rings is 1. The summed E-state index contributed by atoms with van der Waals surface area (Å²) < 4.78 is 13.3. The van der Waals surface area contributed by atoms with Crippen LogP contribution in [0.15, 0.2) is 55.0 Å². The van der Waals surface area contributed by atoms with Crippen LogP contribution in [0.25, 0.3) is 0 Å². The molecule has 3 heterocycles. The van der Waals surface area contributed by atoms with Crippen molar-refractivity contribution in [1.82, 2.24) is 15.0 Å². The van der Waals surface area contributed by atoms with E-state index in [0.717, 1.165) is 11.3 Å². The van der Waals surface area contributed by atoms with Gasteiger partial charge in [-0.3, -0.25) is 4.98 Å². The maximum absolute atomic E-state index is 13.3. The fourth-order valence-electron chi connectivity index (χ4n) is 3.55. The van der Waals surface area contributed by atoms with Crippen LogP contribution < -0.4 is 15.5 Å². The van der Waals surface area contributed by atoms with Crippen molar-refractivity contribution in [3.8, 4) is 0 Å². The zero-order valence-corrected chi connectivity index (χ0v) is 19.1. The summed E-state index contributed by atoms with van der Waals surface area (Å²) in [7, 11) is 0. The highest BCUT2D eigenvalue weighted by Crippen LogP contribution is 2.35. The predicted molar refractivity (Wildman–Crippen MR) is 127 cm³/mol. The highest BCUT2D eigenvalue weighted by molar-refractivity contribution is 5.85. The maximum atomic E-state index is 13.3. The molecular formula is C23H28ClFN6O. The van der Waals surface area contributed by atoms with Crippen molar-refractivity contribution >= 4 is 35.5 Å². The third-order valence-corrected chi connectivity index (χ3v) is 5.73. The van der Waals surface area contributed by atoms with E-state index in [1.807, 2.05) is 32.9 Å². The fraction of sp³-hybridized carbons (Fsp3) is 0.348. The molecule has 1 saturated heterocycles. The van der Waals surface area contributed by atoms with Gasteiger partial charge in [-0.05, 0) is 30.5 Å². The molecule has 0 bridgehead atoms. The van der Waals surface area contributed by atoms with Crippen LogP contribution in [0.5, 0.6) is 0 Å². The second-order valence-corrected chi connectivity index (χ2v) is 8.34. The summed E-state index contributed by atoms with van der Waals surface area (Å²) >= 11 is 0. The number of aromatic nitrogens is 3. The minimum absolute atomic E-state index is 0. The molecule has 0 radical (unpaired) electrons. The molecule has 7 nitrogen and oxygen atoms in total. The van der Waals surface area contributed by atoms with Crippen LogP contribution in [-0.4, -0.2) is 38.7 Å². The smallest absolute Gasteiger partial charge is 0.150 e. The molecule has 4 rings (SSSR count). The number of anilines is 4. The Kier molecular flexibility index (Phi) is 7.16. The highest BCUT2D eigenvalue weighted by Gasteiger charge is 2.43. The van der Waals surface area contributed by atoms with Crippen molar-refractivity contribution < 1.29 is 9.50 Å². The quantitative estimate of drug-likeness (QED) is 0.478. The molecule has 0 spiro atoms. The summed E-state index contributed by atoms with van der Waals surface area (Å²) in [5, 5.41) is 17.3. The lowest BCUT2D eigenvalue weighted by molar-refractivity contribution is -0.0300. The number of nitrogens with one attached hydrogen (secondary N) is 2. The van der Waals surface area contributed by atoms with Gasteiger partial charge in [0.15, 0.2) is 0 Å². The van der Waals surface area contributed by atoms with Gasteiger partial charge in [0.05, 0.1) is 6.20 Å². The summed E-state index contributed by atoms with van der Waals surface area (Å²) in [5.74, 6) is 1.79. The van der Waals surface area contributed by atoms with E-state index in [0.29, 0.717) is 30.5 Å². The van der Waals surface area contributed by atoms with Gasteiger partial charge in [-0.25, -0.2) is 14.4 Å². The van der Waals surface area contributed by atoms with Gasteiger partial charge in [-0.15, -0.1) is 12.4 Å². The van der Waals surface area contributed by atoms with Crippen LogP contribution in [0.3, 0.4) is 0 Å². The van der Waals surface area contributed by atoms with Gasteiger partial charge < -0.3 is 20.6 Å². The molecule has 1 atom stereocenters. The van der Waals surface area contributed by atoms with Crippen LogP contribution in [0.1, 0.15) is 32.4 Å². The number of halogens is 2. The average Bonchev–Trinajstić information content (AvgIpc) is 2.72. The molecular weight excluding hydrogens is 431 g/mol. The number of pyridine rings is 1. The highest BCUT2D eigenvalue weighted by atomic mass is 35.5. The van der Waals surface area contributed by atoms with Gasteiger partial charge in [0, 0.05) is 49.3 Å². The van der Waals surface area contributed by atoms with E-state index < -0.39 is 5.60 Å². The van der Waals surface area contributed by atoms with Gasteiger partial charge >= 0.3 is 0 Å². The van der Waals surface area contributed by atoms with Crippen molar-refractivity contribution in [2.45, 2.75) is 32.4 Å². The average molecular weight is 459 g/mol. The molecule has 2 aromatic heterocycles. The number of nitrogens with zero attached hydrogens (tertiary/aromatic N) is 4. The molecule has 1 aliphatic rings. The van der Waals surface area contributed by atoms with Gasteiger partial charge in [0.2, 0.25) is 0 Å². The number of β-amino-alcohol motifs (C(OH)–C–C–N with tert-alkyl or cyclic N) is 1. The molecule has 3 aromatic rings. The number of rotatable bonds is 7. The number of hydrogen-bond donors (Lipinski definition) is 3. The molecule has 170 valence electrons. The second-order valence-electron chi connectivity index (χ2n) is 8.34. The Labute approximate surface area is 193 Å². The summed E-state index contributed by atoms with van der Waals surface area (Å²) in [4.78, 5) is 15.1. The van der Waals surface area contributed by atoms with E-state index in [9.17, 15) is 9.50 Å². The topological polar surface area (TPSA) is 86.2 Å². The van der Waals surface area contributed by atoms with Gasteiger partial charge in [-0.1, -0.05) is 26.0 Å². The zero-order chi connectivity index (χ0) is 22.0. The first-order valence-electron chi connectivity index (χ1n) is 10.4. The summed E-state index contributed by atoms with van der Waals surface area (Å²) in [5.41, 5.74) is 1.22. The largest absolute Gasteiger partial charge is 0.386 e. The standard InChI is InChI=1S/C23H27FN6O.ClH/c1-15(2)23(31)13-30(14-23)19-10-20(27-16(3)17-4-6-18(24)7-5-17)28-21(11-19)29-22-12-25-8-9-26-22;/h4-12,15-16,31H,13-14H2,1-3H3,(H2,26,27,28,29);1H. The Balaban J connectivity index is 0.00000289. The van der Waals surface area contributed by atoms with E-state index in [2.05, 4.69) is 30.5 Å². The fourth-order valence-corrected chi connectivity index (χ4v) is 3.55. The van der Waals surface area contributed by atoms with E-state index >= 15 is 0 Å². The van der Waals surface area contributed by atoms with Gasteiger partial charge in [0.1, 0.15) is 28.9 Å². The first kappa shape index (κ1) is 23.7. The van der Waals surface area contributed by atoms with Crippen molar-refractivity contribution in [1.29, 1.82) is 0 Å².